The number of nitrogens with two attached hydrogens (primary N) is 1. The van der Waals surface area contributed by atoms with E-state index in [-0.39, 0.29) is 11.9 Å². The molecule has 0 bridgehead atoms. The summed E-state index contributed by atoms with van der Waals surface area (Å²) in [6.45, 7) is 7.91. The molecule has 14 heavy (non-hydrogen) atoms. The van der Waals surface area contributed by atoms with Crippen molar-refractivity contribution in [1.29, 1.82) is 0 Å². The Morgan fingerprint density at radius 3 is 2.71 bits per heavy atom. The molecule has 0 radical (unpaired) electrons. The number of rotatable bonds is 1. The molecule has 0 aromatic rings. The summed E-state index contributed by atoms with van der Waals surface area (Å²) in [4.78, 5) is 13.5. The van der Waals surface area contributed by atoms with Gasteiger partial charge < -0.3 is 10.6 Å². The molecule has 1 rings (SSSR count). The zero-order valence-corrected chi connectivity index (χ0v) is 10.1. The maximum Gasteiger partial charge on any atom is 0.239 e. The molecule has 82 valence electrons. The molecular weight excluding hydrogens is 196 g/mol. The molecule has 1 heterocycles. The molecule has 1 fully saturated rings. The van der Waals surface area contributed by atoms with E-state index in [1.165, 1.54) is 0 Å². The minimum atomic E-state index is -0.360. The number of carbonyl (C=O) groups is 1. The van der Waals surface area contributed by atoms with E-state index in [2.05, 4.69) is 13.8 Å². The van der Waals surface area contributed by atoms with Gasteiger partial charge in [0.1, 0.15) is 0 Å². The predicted octanol–water partition coefficient (Wildman–Crippen LogP) is 1.08. The summed E-state index contributed by atoms with van der Waals surface area (Å²) in [5.41, 5.74) is 5.59. The predicted molar refractivity (Wildman–Crippen MR) is 61.4 cm³/mol. The highest BCUT2D eigenvalue weighted by Gasteiger charge is 2.26. The number of nitrogens with zero attached hydrogens (tertiary/aromatic N) is 1. The van der Waals surface area contributed by atoms with Gasteiger partial charge in [0.2, 0.25) is 5.91 Å². The molecule has 0 spiro atoms. The third-order valence-electron chi connectivity index (χ3n) is 2.54. The van der Waals surface area contributed by atoms with E-state index >= 15 is 0 Å². The maximum atomic E-state index is 11.7. The lowest BCUT2D eigenvalue weighted by Gasteiger charge is -2.23. The van der Waals surface area contributed by atoms with Gasteiger partial charge in [-0.05, 0) is 13.3 Å². The summed E-state index contributed by atoms with van der Waals surface area (Å²) in [6.07, 6.45) is 1.05. The van der Waals surface area contributed by atoms with Crippen LogP contribution < -0.4 is 5.73 Å². The first-order valence-corrected chi connectivity index (χ1v) is 6.09. The molecule has 4 heteroatoms. The van der Waals surface area contributed by atoms with Crippen LogP contribution in [-0.4, -0.2) is 40.4 Å². The lowest BCUT2D eigenvalue weighted by atomic mass is 10.1. The highest BCUT2D eigenvalue weighted by Crippen LogP contribution is 2.30. The summed E-state index contributed by atoms with van der Waals surface area (Å²) < 4.78 is 0.298. The molecule has 1 aliphatic heterocycles. The molecule has 3 nitrogen and oxygen atoms in total. The van der Waals surface area contributed by atoms with E-state index in [0.717, 1.165) is 25.3 Å². The fraction of sp³-hybridized carbons (Fsp3) is 0.900. The van der Waals surface area contributed by atoms with Crippen LogP contribution in [0.5, 0.6) is 0 Å². The highest BCUT2D eigenvalue weighted by atomic mass is 32.2. The van der Waals surface area contributed by atoms with Gasteiger partial charge in [-0.15, -0.1) is 0 Å². The molecule has 1 atom stereocenters. The largest absolute Gasteiger partial charge is 0.340 e. The normalized spacial score (nSPS) is 24.1. The number of amides is 1. The van der Waals surface area contributed by atoms with Crippen LogP contribution in [0.1, 0.15) is 27.2 Å². The fourth-order valence-electron chi connectivity index (χ4n) is 1.53. The zero-order valence-electron chi connectivity index (χ0n) is 9.25. The van der Waals surface area contributed by atoms with E-state index in [1.807, 2.05) is 16.7 Å². The third kappa shape index (κ3) is 3.17. The first-order valence-electron chi connectivity index (χ1n) is 5.11. The van der Waals surface area contributed by atoms with Gasteiger partial charge in [-0.3, -0.25) is 4.79 Å². The van der Waals surface area contributed by atoms with Crippen LogP contribution in [-0.2, 0) is 4.79 Å². The molecule has 0 saturated carbocycles. The van der Waals surface area contributed by atoms with Gasteiger partial charge in [-0.2, -0.15) is 11.8 Å². The molecular formula is C10H20N2OS. The van der Waals surface area contributed by atoms with Gasteiger partial charge in [0, 0.05) is 23.6 Å². The standard InChI is InChI=1S/C10H20N2OS/c1-8(11)9(13)12-5-4-10(2,3)14-7-6-12/h8H,4-7,11H2,1-3H3/t8-/m0/s1. The second kappa shape index (κ2) is 4.53. The van der Waals surface area contributed by atoms with Crippen molar-refractivity contribution in [2.24, 2.45) is 5.73 Å². The van der Waals surface area contributed by atoms with E-state index in [4.69, 9.17) is 5.73 Å². The molecule has 1 aliphatic rings. The quantitative estimate of drug-likeness (QED) is 0.713. The Bertz CT molecular complexity index is 216. The van der Waals surface area contributed by atoms with Gasteiger partial charge in [0.15, 0.2) is 0 Å². The molecule has 2 N–H and O–H groups in total. The SMILES string of the molecule is C[C@H](N)C(=O)N1CCSC(C)(C)CC1. The second-order valence-corrected chi connectivity index (χ2v) is 6.27. The van der Waals surface area contributed by atoms with Crippen LogP contribution in [0.3, 0.4) is 0 Å². The van der Waals surface area contributed by atoms with Crippen molar-refractivity contribution in [1.82, 2.24) is 4.90 Å². The lowest BCUT2D eigenvalue weighted by molar-refractivity contribution is -0.131. The fourth-order valence-corrected chi connectivity index (χ4v) is 2.63. The van der Waals surface area contributed by atoms with Crippen molar-refractivity contribution in [3.05, 3.63) is 0 Å². The second-order valence-electron chi connectivity index (χ2n) is 4.47. The van der Waals surface area contributed by atoms with Gasteiger partial charge in [0.05, 0.1) is 6.04 Å². The first-order chi connectivity index (χ1) is 6.42. The van der Waals surface area contributed by atoms with Gasteiger partial charge in [0.25, 0.3) is 0 Å². The van der Waals surface area contributed by atoms with Crippen LogP contribution in [0.4, 0.5) is 0 Å². The Morgan fingerprint density at radius 1 is 1.50 bits per heavy atom. The number of thioether (sulfide) groups is 1. The minimum Gasteiger partial charge on any atom is -0.340 e. The van der Waals surface area contributed by atoms with Crippen LogP contribution in [0.25, 0.3) is 0 Å². The van der Waals surface area contributed by atoms with Crippen LogP contribution in [0.2, 0.25) is 0 Å². The van der Waals surface area contributed by atoms with E-state index in [9.17, 15) is 4.79 Å². The average molecular weight is 216 g/mol. The zero-order chi connectivity index (χ0) is 10.8. The maximum absolute atomic E-state index is 11.7. The van der Waals surface area contributed by atoms with Crippen LogP contribution >= 0.6 is 11.8 Å². The molecule has 0 aromatic heterocycles. The van der Waals surface area contributed by atoms with Crippen molar-refractivity contribution in [2.75, 3.05) is 18.8 Å². The van der Waals surface area contributed by atoms with Crippen LogP contribution in [0.15, 0.2) is 0 Å². The first kappa shape index (κ1) is 11.9. The molecule has 1 saturated heterocycles. The average Bonchev–Trinajstić information content (AvgIpc) is 2.25. The highest BCUT2D eigenvalue weighted by molar-refractivity contribution is 8.00. The molecule has 0 aromatic carbocycles. The Morgan fingerprint density at radius 2 is 2.14 bits per heavy atom. The summed E-state index contributed by atoms with van der Waals surface area (Å²) in [6, 6.07) is -0.360. The van der Waals surface area contributed by atoms with Crippen molar-refractivity contribution < 1.29 is 4.79 Å². The molecule has 1 amide bonds. The number of carbonyl (C=O) groups excluding carboxylic acids is 1. The summed E-state index contributed by atoms with van der Waals surface area (Å²) >= 11 is 1.94. The smallest absolute Gasteiger partial charge is 0.239 e. The Hall–Kier alpha value is -0.220. The van der Waals surface area contributed by atoms with E-state index in [1.54, 1.807) is 6.92 Å². The van der Waals surface area contributed by atoms with Gasteiger partial charge >= 0.3 is 0 Å². The van der Waals surface area contributed by atoms with E-state index in [0.29, 0.717) is 4.75 Å². The number of hydrogen-bond donors (Lipinski definition) is 1. The third-order valence-corrected chi connectivity index (χ3v) is 3.91. The minimum absolute atomic E-state index is 0.0864. The Balaban J connectivity index is 2.54. The van der Waals surface area contributed by atoms with Crippen molar-refractivity contribution in [2.45, 2.75) is 38.0 Å². The number of hydrogen-bond acceptors (Lipinski definition) is 3. The lowest BCUT2D eigenvalue weighted by Crippen LogP contribution is -2.43. The van der Waals surface area contributed by atoms with Crippen molar-refractivity contribution >= 4 is 17.7 Å². The van der Waals surface area contributed by atoms with E-state index < -0.39 is 0 Å². The summed E-state index contributed by atoms with van der Waals surface area (Å²) in [7, 11) is 0. The van der Waals surface area contributed by atoms with Crippen molar-refractivity contribution in [3.8, 4) is 0 Å². The molecule has 0 unspecified atom stereocenters. The molecule has 0 aliphatic carbocycles. The summed E-state index contributed by atoms with van der Waals surface area (Å²) in [5.74, 6) is 1.11. The van der Waals surface area contributed by atoms with Gasteiger partial charge in [-0.25, -0.2) is 0 Å². The van der Waals surface area contributed by atoms with Crippen LogP contribution in [0, 0.1) is 0 Å². The summed E-state index contributed by atoms with van der Waals surface area (Å²) in [5, 5.41) is 0. The monoisotopic (exact) mass is 216 g/mol. The van der Waals surface area contributed by atoms with Crippen molar-refractivity contribution in [3.63, 3.8) is 0 Å². The topological polar surface area (TPSA) is 46.3 Å². The Labute approximate surface area is 90.4 Å². The Kier molecular flexibility index (Phi) is 3.84. The van der Waals surface area contributed by atoms with Gasteiger partial charge in [-0.1, -0.05) is 13.8 Å².